The maximum atomic E-state index is 12.7. The van der Waals surface area contributed by atoms with Crippen LogP contribution >= 0.6 is 0 Å². The molecule has 1 aliphatic carbocycles. The third kappa shape index (κ3) is 3.83. The van der Waals surface area contributed by atoms with Gasteiger partial charge in [0.2, 0.25) is 5.91 Å². The second-order valence-electron chi connectivity index (χ2n) is 7.70. The number of benzene rings is 1. The van der Waals surface area contributed by atoms with Crippen LogP contribution in [0.25, 0.3) is 0 Å². The molecule has 3 nitrogen and oxygen atoms in total. The number of hydrogen-bond donors (Lipinski definition) is 0. The highest BCUT2D eigenvalue weighted by Gasteiger charge is 2.31. The predicted octanol–water partition coefficient (Wildman–Crippen LogP) is 4.56. The number of hydrogen-bond acceptors (Lipinski definition) is 2. The number of amides is 1. The Balaban J connectivity index is 1.61. The molecule has 0 spiro atoms. The van der Waals surface area contributed by atoms with E-state index in [0.717, 1.165) is 25.8 Å². The Bertz CT molecular complexity index is 583. The van der Waals surface area contributed by atoms with Gasteiger partial charge in [-0.1, -0.05) is 38.0 Å². The zero-order chi connectivity index (χ0) is 17.1. The van der Waals surface area contributed by atoms with Crippen LogP contribution in [0, 0.1) is 19.8 Å². The van der Waals surface area contributed by atoms with Gasteiger partial charge in [0, 0.05) is 6.54 Å². The Kier molecular flexibility index (Phi) is 5.60. The van der Waals surface area contributed by atoms with Gasteiger partial charge >= 0.3 is 0 Å². The van der Waals surface area contributed by atoms with E-state index in [0.29, 0.717) is 5.92 Å². The lowest BCUT2D eigenvalue weighted by molar-refractivity contribution is -0.141. The Morgan fingerprint density at radius 2 is 1.92 bits per heavy atom. The van der Waals surface area contributed by atoms with E-state index in [1.54, 1.807) is 0 Å². The van der Waals surface area contributed by atoms with Crippen LogP contribution < -0.4 is 0 Å². The fourth-order valence-electron chi connectivity index (χ4n) is 4.17. The fourth-order valence-corrected chi connectivity index (χ4v) is 4.17. The summed E-state index contributed by atoms with van der Waals surface area (Å²) in [6, 6.07) is 6.83. The minimum absolute atomic E-state index is 0.161. The molecule has 0 bridgehead atoms. The molecule has 0 aromatic heterocycles. The molecule has 1 amide bonds. The SMILES string of the molecule is Cc1ccc(C2CCCN2C(=O)COC2CCCCC2C)cc1C. The molecule has 0 radical (unpaired) electrons. The first-order chi connectivity index (χ1) is 11.6. The van der Waals surface area contributed by atoms with E-state index in [4.69, 9.17) is 4.74 Å². The third-order valence-corrected chi connectivity index (χ3v) is 5.94. The highest BCUT2D eigenvalue weighted by molar-refractivity contribution is 5.78. The molecule has 2 fully saturated rings. The number of rotatable bonds is 4. The lowest BCUT2D eigenvalue weighted by Crippen LogP contribution is -2.36. The summed E-state index contributed by atoms with van der Waals surface area (Å²) < 4.78 is 6.01. The molecule has 1 saturated carbocycles. The van der Waals surface area contributed by atoms with Crippen molar-refractivity contribution in [3.63, 3.8) is 0 Å². The van der Waals surface area contributed by atoms with Gasteiger partial charge < -0.3 is 9.64 Å². The van der Waals surface area contributed by atoms with E-state index in [1.807, 2.05) is 4.90 Å². The van der Waals surface area contributed by atoms with Crippen molar-refractivity contribution in [2.45, 2.75) is 71.4 Å². The maximum absolute atomic E-state index is 12.7. The van der Waals surface area contributed by atoms with Gasteiger partial charge in [0.25, 0.3) is 0 Å². The van der Waals surface area contributed by atoms with Crippen LogP contribution in [0.1, 0.15) is 68.2 Å². The minimum atomic E-state index is 0.161. The quantitative estimate of drug-likeness (QED) is 0.810. The average Bonchev–Trinajstić information content (AvgIpc) is 3.06. The van der Waals surface area contributed by atoms with Gasteiger partial charge in [-0.05, 0) is 62.1 Å². The van der Waals surface area contributed by atoms with Gasteiger partial charge in [-0.15, -0.1) is 0 Å². The van der Waals surface area contributed by atoms with Crippen molar-refractivity contribution < 1.29 is 9.53 Å². The minimum Gasteiger partial charge on any atom is -0.368 e. The second kappa shape index (κ2) is 7.69. The molecular weight excluding hydrogens is 298 g/mol. The number of ether oxygens (including phenoxy) is 1. The molecule has 3 rings (SSSR count). The zero-order valence-electron chi connectivity index (χ0n) is 15.4. The molecule has 0 N–H and O–H groups in total. The van der Waals surface area contributed by atoms with Crippen molar-refractivity contribution in [3.05, 3.63) is 34.9 Å². The van der Waals surface area contributed by atoms with Crippen molar-refractivity contribution in [1.82, 2.24) is 4.90 Å². The fraction of sp³-hybridized carbons (Fsp3) is 0.667. The van der Waals surface area contributed by atoms with Crippen molar-refractivity contribution >= 4 is 5.91 Å². The van der Waals surface area contributed by atoms with Crippen LogP contribution in [0.2, 0.25) is 0 Å². The monoisotopic (exact) mass is 329 g/mol. The van der Waals surface area contributed by atoms with Gasteiger partial charge in [0.1, 0.15) is 6.61 Å². The number of nitrogens with zero attached hydrogens (tertiary/aromatic N) is 1. The molecule has 3 unspecified atom stereocenters. The number of carbonyl (C=O) groups excluding carboxylic acids is 1. The third-order valence-electron chi connectivity index (χ3n) is 5.94. The smallest absolute Gasteiger partial charge is 0.249 e. The Labute approximate surface area is 146 Å². The highest BCUT2D eigenvalue weighted by Crippen LogP contribution is 2.33. The molecule has 24 heavy (non-hydrogen) atoms. The summed E-state index contributed by atoms with van der Waals surface area (Å²) in [5.41, 5.74) is 3.89. The molecule has 1 aliphatic heterocycles. The highest BCUT2D eigenvalue weighted by atomic mass is 16.5. The van der Waals surface area contributed by atoms with Gasteiger partial charge in [0.05, 0.1) is 12.1 Å². The maximum Gasteiger partial charge on any atom is 0.249 e. The van der Waals surface area contributed by atoms with E-state index in [1.165, 1.54) is 36.0 Å². The number of likely N-dealkylation sites (tertiary alicyclic amines) is 1. The van der Waals surface area contributed by atoms with Crippen LogP contribution in [0.15, 0.2) is 18.2 Å². The Morgan fingerprint density at radius 3 is 2.67 bits per heavy atom. The van der Waals surface area contributed by atoms with Gasteiger partial charge in [0.15, 0.2) is 0 Å². The van der Waals surface area contributed by atoms with E-state index < -0.39 is 0 Å². The Morgan fingerprint density at radius 1 is 1.12 bits per heavy atom. The first-order valence-corrected chi connectivity index (χ1v) is 9.54. The van der Waals surface area contributed by atoms with Gasteiger partial charge in [-0.25, -0.2) is 0 Å². The van der Waals surface area contributed by atoms with Crippen LogP contribution in [0.4, 0.5) is 0 Å². The summed E-state index contributed by atoms with van der Waals surface area (Å²) in [5.74, 6) is 0.745. The van der Waals surface area contributed by atoms with Crippen molar-refractivity contribution in [2.75, 3.05) is 13.2 Å². The lowest BCUT2D eigenvalue weighted by atomic mass is 9.88. The standard InChI is InChI=1S/C21H31NO2/c1-15-10-11-18(13-17(15)3)19-8-6-12-22(19)21(23)14-24-20-9-5-4-7-16(20)2/h10-11,13,16,19-20H,4-9,12,14H2,1-3H3. The molecule has 2 aliphatic rings. The topological polar surface area (TPSA) is 29.5 Å². The summed E-state index contributed by atoms with van der Waals surface area (Å²) >= 11 is 0. The average molecular weight is 329 g/mol. The van der Waals surface area contributed by atoms with Gasteiger partial charge in [-0.2, -0.15) is 0 Å². The van der Waals surface area contributed by atoms with Crippen molar-refractivity contribution in [2.24, 2.45) is 5.92 Å². The van der Waals surface area contributed by atoms with E-state index in [2.05, 4.69) is 39.0 Å². The summed E-state index contributed by atoms with van der Waals surface area (Å²) in [5, 5.41) is 0. The molecular formula is C21H31NO2. The summed E-state index contributed by atoms with van der Waals surface area (Å²) in [6.07, 6.45) is 7.29. The first-order valence-electron chi connectivity index (χ1n) is 9.54. The van der Waals surface area contributed by atoms with Crippen LogP contribution in [0.3, 0.4) is 0 Å². The first kappa shape index (κ1) is 17.5. The molecule has 3 heteroatoms. The zero-order valence-corrected chi connectivity index (χ0v) is 15.4. The summed E-state index contributed by atoms with van der Waals surface area (Å²) in [6.45, 7) is 7.64. The largest absolute Gasteiger partial charge is 0.368 e. The molecule has 1 saturated heterocycles. The normalized spacial score (nSPS) is 27.5. The lowest BCUT2D eigenvalue weighted by Gasteiger charge is -2.30. The summed E-state index contributed by atoms with van der Waals surface area (Å²) in [4.78, 5) is 14.8. The number of carbonyl (C=O) groups is 1. The van der Waals surface area contributed by atoms with Crippen LogP contribution in [-0.4, -0.2) is 30.1 Å². The van der Waals surface area contributed by atoms with Crippen LogP contribution in [-0.2, 0) is 9.53 Å². The molecule has 1 heterocycles. The van der Waals surface area contributed by atoms with Crippen LogP contribution in [0.5, 0.6) is 0 Å². The van der Waals surface area contributed by atoms with Crippen molar-refractivity contribution in [3.8, 4) is 0 Å². The number of aryl methyl sites for hydroxylation is 2. The molecule has 132 valence electrons. The molecule has 3 atom stereocenters. The predicted molar refractivity (Wildman–Crippen MR) is 97.0 cm³/mol. The summed E-state index contributed by atoms with van der Waals surface area (Å²) in [7, 11) is 0. The van der Waals surface area contributed by atoms with E-state index in [9.17, 15) is 4.79 Å². The van der Waals surface area contributed by atoms with Crippen molar-refractivity contribution in [1.29, 1.82) is 0 Å². The second-order valence-corrected chi connectivity index (χ2v) is 7.70. The molecule has 1 aromatic rings. The Hall–Kier alpha value is -1.35. The van der Waals surface area contributed by atoms with Gasteiger partial charge in [-0.3, -0.25) is 4.79 Å². The van der Waals surface area contributed by atoms with E-state index in [-0.39, 0.29) is 24.7 Å². The van der Waals surface area contributed by atoms with E-state index >= 15 is 0 Å². The molecule has 1 aromatic carbocycles.